The molecule has 267 valence electrons. The van der Waals surface area contributed by atoms with Crippen molar-refractivity contribution in [2.75, 3.05) is 0 Å². The number of hydrogen-bond acceptors (Lipinski definition) is 3. The molecule has 0 amide bonds. The number of pyridine rings is 2. The second-order valence-electron chi connectivity index (χ2n) is 14.6. The first kappa shape index (κ1) is 37.7. The van der Waals surface area contributed by atoms with Crippen LogP contribution in [0.4, 0.5) is 4.39 Å². The third kappa shape index (κ3) is 8.47. The molecule has 0 saturated heterocycles. The number of hydrogen-bond donors (Lipinski definition) is 0. The summed E-state index contributed by atoms with van der Waals surface area (Å²) < 4.78 is 19.5. The van der Waals surface area contributed by atoms with Crippen molar-refractivity contribution < 1.29 is 28.9 Å². The maximum atomic E-state index is 13.3. The standard InChI is InChI=1S/C32H23FNO.C15H18NSi.Ir/c1-20(2)22-14-15-34-30(18-22)26-9-13-31-29(17-26)28-12-8-25(19-32(28)35-31)24-5-3-4-23(16-24)21-6-10-27(33)11-7-21;1-12-10-14(13-8-6-5-7-9-13)16-11-15(12)17(2,3)4;/h3-8,10-20H,1-2H3;5-8,10-11H,1-4H3;/q2*-1;. The van der Waals surface area contributed by atoms with Gasteiger partial charge in [0.1, 0.15) is 11.4 Å². The van der Waals surface area contributed by atoms with Crippen LogP contribution in [0.3, 0.4) is 0 Å². The van der Waals surface area contributed by atoms with Gasteiger partial charge in [-0.15, -0.1) is 59.7 Å². The van der Waals surface area contributed by atoms with E-state index in [1.165, 1.54) is 28.4 Å². The first-order chi connectivity index (χ1) is 25.0. The smallest absolute Gasteiger partial charge is 0.123 e. The molecular formula is C47H41FIrN2OSi-2. The van der Waals surface area contributed by atoms with Crippen LogP contribution in [0, 0.1) is 24.9 Å². The molecule has 0 unspecified atom stereocenters. The Hall–Kier alpha value is -5.00. The predicted octanol–water partition coefficient (Wildman–Crippen LogP) is 12.4. The monoisotopic (exact) mass is 889 g/mol. The summed E-state index contributed by atoms with van der Waals surface area (Å²) in [4.78, 5) is 9.15. The Morgan fingerprint density at radius 3 is 2.08 bits per heavy atom. The molecule has 0 N–H and O–H groups in total. The van der Waals surface area contributed by atoms with E-state index in [0.717, 1.165) is 66.7 Å². The van der Waals surface area contributed by atoms with E-state index >= 15 is 0 Å². The van der Waals surface area contributed by atoms with E-state index in [4.69, 9.17) is 4.42 Å². The molecular weight excluding hydrogens is 848 g/mol. The fraction of sp³-hybridized carbons (Fsp3) is 0.149. The summed E-state index contributed by atoms with van der Waals surface area (Å²) in [7, 11) is -1.27. The van der Waals surface area contributed by atoms with Crippen molar-refractivity contribution in [3.8, 4) is 44.8 Å². The number of halogens is 1. The van der Waals surface area contributed by atoms with Crippen molar-refractivity contribution in [1.29, 1.82) is 0 Å². The van der Waals surface area contributed by atoms with Crippen LogP contribution < -0.4 is 5.19 Å². The van der Waals surface area contributed by atoms with Gasteiger partial charge in [-0.2, -0.15) is 0 Å². The van der Waals surface area contributed by atoms with E-state index in [0.29, 0.717) is 5.92 Å². The summed E-state index contributed by atoms with van der Waals surface area (Å²) in [6.45, 7) is 13.6. The normalized spacial score (nSPS) is 11.3. The molecule has 53 heavy (non-hydrogen) atoms. The van der Waals surface area contributed by atoms with Crippen LogP contribution in [-0.4, -0.2) is 18.0 Å². The quantitative estimate of drug-likeness (QED) is 0.123. The van der Waals surface area contributed by atoms with Crippen LogP contribution in [0.1, 0.15) is 30.9 Å². The van der Waals surface area contributed by atoms with Gasteiger partial charge in [0.2, 0.25) is 0 Å². The van der Waals surface area contributed by atoms with Crippen LogP contribution in [0.2, 0.25) is 19.6 Å². The number of furan rings is 1. The van der Waals surface area contributed by atoms with E-state index in [1.807, 2.05) is 42.6 Å². The van der Waals surface area contributed by atoms with Crippen molar-refractivity contribution in [2.24, 2.45) is 0 Å². The third-order valence-corrected chi connectivity index (χ3v) is 11.5. The molecule has 3 nitrogen and oxygen atoms in total. The number of rotatable bonds is 6. The molecule has 1 radical (unpaired) electrons. The van der Waals surface area contributed by atoms with Crippen molar-refractivity contribution in [3.63, 3.8) is 0 Å². The molecule has 0 aliphatic carbocycles. The van der Waals surface area contributed by atoms with Crippen LogP contribution in [0.15, 0.2) is 138 Å². The molecule has 0 saturated carbocycles. The molecule has 6 heteroatoms. The van der Waals surface area contributed by atoms with Gasteiger partial charge in [0.05, 0.1) is 13.7 Å². The van der Waals surface area contributed by atoms with Gasteiger partial charge in [-0.1, -0.05) is 105 Å². The molecule has 0 bridgehead atoms. The Morgan fingerprint density at radius 1 is 0.660 bits per heavy atom. The van der Waals surface area contributed by atoms with Gasteiger partial charge >= 0.3 is 0 Å². The zero-order chi connectivity index (χ0) is 36.4. The predicted molar refractivity (Wildman–Crippen MR) is 217 cm³/mol. The van der Waals surface area contributed by atoms with Gasteiger partial charge in [0.15, 0.2) is 0 Å². The number of benzene rings is 5. The maximum absolute atomic E-state index is 13.3. The number of fused-ring (bicyclic) bond motifs is 3. The van der Waals surface area contributed by atoms with Gasteiger partial charge in [-0.05, 0) is 82.0 Å². The topological polar surface area (TPSA) is 38.9 Å². The summed E-state index contributed by atoms with van der Waals surface area (Å²) in [5.41, 5.74) is 12.4. The van der Waals surface area contributed by atoms with E-state index < -0.39 is 8.07 Å². The summed E-state index contributed by atoms with van der Waals surface area (Å²) >= 11 is 0. The molecule has 5 aromatic carbocycles. The average Bonchev–Trinajstić information content (AvgIpc) is 3.52. The zero-order valence-electron chi connectivity index (χ0n) is 30.8. The largest absolute Gasteiger partial charge is 0.500 e. The molecule has 0 atom stereocenters. The van der Waals surface area contributed by atoms with Crippen molar-refractivity contribution >= 4 is 35.2 Å². The number of nitrogens with zero attached hydrogens (tertiary/aromatic N) is 2. The Balaban J connectivity index is 0.000000226. The van der Waals surface area contributed by atoms with Gasteiger partial charge in [0.25, 0.3) is 0 Å². The number of aryl methyl sites for hydroxylation is 1. The summed E-state index contributed by atoms with van der Waals surface area (Å²) in [6, 6.07) is 46.1. The van der Waals surface area contributed by atoms with Crippen LogP contribution in [-0.2, 0) is 20.1 Å². The minimum absolute atomic E-state index is 0. The van der Waals surface area contributed by atoms with E-state index in [2.05, 4.69) is 129 Å². The summed E-state index contributed by atoms with van der Waals surface area (Å²) in [5, 5.41) is 3.56. The number of aromatic nitrogens is 2. The second kappa shape index (κ2) is 15.9. The zero-order valence-corrected chi connectivity index (χ0v) is 34.2. The van der Waals surface area contributed by atoms with Crippen molar-refractivity contribution in [1.82, 2.24) is 9.97 Å². The van der Waals surface area contributed by atoms with Gasteiger partial charge in [-0.25, -0.2) is 4.39 Å². The summed E-state index contributed by atoms with van der Waals surface area (Å²) in [5.74, 6) is 0.208. The molecule has 8 aromatic rings. The Kier molecular flexibility index (Phi) is 11.3. The van der Waals surface area contributed by atoms with Gasteiger partial charge in [-0.3, -0.25) is 0 Å². The van der Waals surface area contributed by atoms with E-state index in [9.17, 15) is 4.39 Å². The van der Waals surface area contributed by atoms with Crippen molar-refractivity contribution in [2.45, 2.75) is 46.3 Å². The third-order valence-electron chi connectivity index (χ3n) is 9.41. The Labute approximate surface area is 326 Å². The average molecular weight is 889 g/mol. The minimum Gasteiger partial charge on any atom is -0.500 e. The van der Waals surface area contributed by atoms with Crippen molar-refractivity contribution in [3.05, 3.63) is 163 Å². The summed E-state index contributed by atoms with van der Waals surface area (Å²) in [6.07, 6.45) is 3.92. The molecule has 3 aromatic heterocycles. The van der Waals surface area contributed by atoms with E-state index in [1.54, 1.807) is 12.1 Å². The fourth-order valence-electron chi connectivity index (χ4n) is 6.56. The first-order valence-corrected chi connectivity index (χ1v) is 21.2. The molecule has 0 aliphatic heterocycles. The van der Waals surface area contributed by atoms with Gasteiger partial charge in [0, 0.05) is 37.9 Å². The van der Waals surface area contributed by atoms with Crippen LogP contribution >= 0.6 is 0 Å². The molecule has 0 spiro atoms. The Bertz CT molecular complexity index is 2500. The van der Waals surface area contributed by atoms with Crippen LogP contribution in [0.5, 0.6) is 0 Å². The second-order valence-corrected chi connectivity index (χ2v) is 19.6. The molecule has 3 heterocycles. The Morgan fingerprint density at radius 2 is 1.38 bits per heavy atom. The van der Waals surface area contributed by atoms with E-state index in [-0.39, 0.29) is 25.9 Å². The molecule has 0 fully saturated rings. The van der Waals surface area contributed by atoms with Gasteiger partial charge < -0.3 is 14.4 Å². The van der Waals surface area contributed by atoms with Crippen LogP contribution in [0.25, 0.3) is 66.7 Å². The fourth-order valence-corrected chi connectivity index (χ4v) is 8.27. The first-order valence-electron chi connectivity index (χ1n) is 17.7. The SMILES string of the molecule is CC(C)c1ccnc(-c2[c-]cc3oc4cc(-c5cccc(-c6ccc(F)cc6)c5)ccc4c3c2)c1.Cc1cc(-c2[c-]cccc2)ncc1[Si](C)(C)C.[Ir]. The molecule has 8 rings (SSSR count). The minimum atomic E-state index is -1.27. The molecule has 0 aliphatic rings. The maximum Gasteiger partial charge on any atom is 0.123 e.